The molecule has 0 atom stereocenters. The predicted octanol–water partition coefficient (Wildman–Crippen LogP) is -0.616. The van der Waals surface area contributed by atoms with Crippen LogP contribution in [0, 0.1) is 0 Å². The number of nitrogens with two attached hydrogens (primary N) is 1. The lowest BCUT2D eigenvalue weighted by Gasteiger charge is -2.10. The number of rotatable bonds is 2. The van der Waals surface area contributed by atoms with Crippen LogP contribution in [-0.2, 0) is 9.53 Å². The molecule has 0 aromatic rings. The van der Waals surface area contributed by atoms with Gasteiger partial charge in [-0.1, -0.05) is 0 Å². The zero-order chi connectivity index (χ0) is 12.4. The molecule has 0 saturated heterocycles. The summed E-state index contributed by atoms with van der Waals surface area (Å²) in [5.74, 6) is -0.0376. The molecular weight excluding hydrogens is 238 g/mol. The smallest absolute Gasteiger partial charge is 0.256 e. The minimum Gasteiger partial charge on any atom is -0.487 e. The van der Waals surface area contributed by atoms with E-state index in [4.69, 9.17) is 5.11 Å². The molecule has 0 bridgehead atoms. The number of ether oxygens (including phenoxy) is 1. The second-order valence-corrected chi connectivity index (χ2v) is 3.26. The molecule has 8 heteroatoms. The summed E-state index contributed by atoms with van der Waals surface area (Å²) in [4.78, 5) is 12.4. The SMILES string of the molecule is COC(=S)NCC(=O)N(C)C.NC(O)=S. The second-order valence-electron chi connectivity index (χ2n) is 2.47. The van der Waals surface area contributed by atoms with Crippen LogP contribution < -0.4 is 11.1 Å². The molecule has 6 nitrogen and oxygen atoms in total. The lowest BCUT2D eigenvalue weighted by Crippen LogP contribution is -2.35. The van der Waals surface area contributed by atoms with Crippen molar-refractivity contribution in [3.8, 4) is 0 Å². The quantitative estimate of drug-likeness (QED) is 0.565. The number of methoxy groups -OCH3 is 1. The average Bonchev–Trinajstić information content (AvgIpc) is 2.12. The molecule has 0 spiro atoms. The largest absolute Gasteiger partial charge is 0.487 e. The lowest BCUT2D eigenvalue weighted by atomic mass is 10.5. The van der Waals surface area contributed by atoms with Crippen LogP contribution in [0.15, 0.2) is 0 Å². The normalized spacial score (nSPS) is 7.93. The molecule has 0 aliphatic heterocycles. The molecule has 0 saturated carbocycles. The number of nitrogens with one attached hydrogen (secondary N) is 1. The molecule has 4 N–H and O–H groups in total. The maximum Gasteiger partial charge on any atom is 0.256 e. The number of thiocarbonyl (C=S) groups is 2. The van der Waals surface area contributed by atoms with E-state index in [2.05, 4.69) is 40.2 Å². The standard InChI is InChI=1S/C6H12N2O2S.CH3NOS/c1-8(2)5(9)4-7-6(11)10-3;2-1(3)4/h4H2,1-3H3,(H,7,11);(H3,2,3,4). The average molecular weight is 253 g/mol. The molecule has 0 radical (unpaired) electrons. The van der Waals surface area contributed by atoms with Crippen molar-refractivity contribution in [2.75, 3.05) is 27.7 Å². The monoisotopic (exact) mass is 253 g/mol. The van der Waals surface area contributed by atoms with Gasteiger partial charge in [0.25, 0.3) is 10.3 Å². The van der Waals surface area contributed by atoms with Crippen molar-refractivity contribution in [1.29, 1.82) is 0 Å². The van der Waals surface area contributed by atoms with Gasteiger partial charge >= 0.3 is 0 Å². The van der Waals surface area contributed by atoms with Crippen LogP contribution >= 0.6 is 24.4 Å². The zero-order valence-electron chi connectivity index (χ0n) is 8.81. The van der Waals surface area contributed by atoms with Crippen LogP contribution in [0.3, 0.4) is 0 Å². The minimum absolute atomic E-state index is 0.0376. The highest BCUT2D eigenvalue weighted by Gasteiger charge is 2.03. The van der Waals surface area contributed by atoms with Crippen molar-refractivity contribution < 1.29 is 14.6 Å². The Hall–Kier alpha value is -1.15. The van der Waals surface area contributed by atoms with Crippen LogP contribution in [0.4, 0.5) is 0 Å². The summed E-state index contributed by atoms with van der Waals surface area (Å²) in [5, 5.41) is 9.93. The number of amides is 1. The first-order valence-corrected chi connectivity index (χ1v) is 4.63. The van der Waals surface area contributed by atoms with Crippen molar-refractivity contribution >= 4 is 40.7 Å². The summed E-state index contributed by atoms with van der Waals surface area (Å²) in [5.41, 5.74) is 4.40. The molecule has 0 aromatic heterocycles. The van der Waals surface area contributed by atoms with Gasteiger partial charge in [0.1, 0.15) is 0 Å². The number of hydrogen-bond donors (Lipinski definition) is 3. The Balaban J connectivity index is 0. The molecule has 0 unspecified atom stereocenters. The van der Waals surface area contributed by atoms with E-state index in [1.807, 2.05) is 0 Å². The number of carbonyl (C=O) groups is 1. The maximum atomic E-state index is 10.9. The van der Waals surface area contributed by atoms with Crippen LogP contribution in [0.25, 0.3) is 0 Å². The Bertz CT molecular complexity index is 230. The van der Waals surface area contributed by atoms with Crippen LogP contribution in [0.1, 0.15) is 0 Å². The van der Waals surface area contributed by atoms with E-state index in [9.17, 15) is 4.79 Å². The first-order valence-electron chi connectivity index (χ1n) is 3.81. The van der Waals surface area contributed by atoms with Gasteiger partial charge in [0, 0.05) is 14.1 Å². The molecule has 0 fully saturated rings. The Labute approximate surface area is 99.4 Å². The number of hydrogen-bond acceptors (Lipinski definition) is 4. The van der Waals surface area contributed by atoms with E-state index in [1.54, 1.807) is 14.1 Å². The number of likely N-dealkylation sites (N-methyl/N-ethyl adjacent to an activating group) is 1. The molecule has 0 aliphatic rings. The third kappa shape index (κ3) is 15.6. The first-order chi connectivity index (χ1) is 6.81. The van der Waals surface area contributed by atoms with Gasteiger partial charge in [0.05, 0.1) is 13.7 Å². The van der Waals surface area contributed by atoms with Crippen molar-refractivity contribution in [1.82, 2.24) is 10.2 Å². The molecule has 88 valence electrons. The lowest BCUT2D eigenvalue weighted by molar-refractivity contribution is -0.127. The van der Waals surface area contributed by atoms with Gasteiger partial charge in [-0.15, -0.1) is 0 Å². The third-order valence-electron chi connectivity index (χ3n) is 1.07. The highest BCUT2D eigenvalue weighted by Crippen LogP contribution is 1.77. The van der Waals surface area contributed by atoms with Crippen LogP contribution in [0.2, 0.25) is 0 Å². The fourth-order valence-corrected chi connectivity index (χ4v) is 0.450. The highest BCUT2D eigenvalue weighted by molar-refractivity contribution is 7.80. The van der Waals surface area contributed by atoms with E-state index in [-0.39, 0.29) is 17.6 Å². The van der Waals surface area contributed by atoms with Gasteiger partial charge in [-0.05, 0) is 24.4 Å². The molecule has 0 aromatic carbocycles. The van der Waals surface area contributed by atoms with Gasteiger partial charge < -0.3 is 25.8 Å². The summed E-state index contributed by atoms with van der Waals surface area (Å²) in [7, 11) is 4.81. The molecule has 0 heterocycles. The van der Waals surface area contributed by atoms with Crippen molar-refractivity contribution in [2.24, 2.45) is 5.73 Å². The van der Waals surface area contributed by atoms with Gasteiger partial charge in [0.2, 0.25) is 5.91 Å². The molecule has 15 heavy (non-hydrogen) atoms. The molecule has 1 amide bonds. The van der Waals surface area contributed by atoms with Gasteiger partial charge in [-0.2, -0.15) is 0 Å². The predicted molar refractivity (Wildman–Crippen MR) is 65.7 cm³/mol. The number of aliphatic hydroxyl groups excluding tert-OH is 1. The van der Waals surface area contributed by atoms with E-state index in [1.165, 1.54) is 12.0 Å². The van der Waals surface area contributed by atoms with Crippen LogP contribution in [0.5, 0.6) is 0 Å². The Morgan fingerprint density at radius 2 is 1.93 bits per heavy atom. The van der Waals surface area contributed by atoms with Gasteiger partial charge in [-0.3, -0.25) is 4.79 Å². The fourth-order valence-electron chi connectivity index (χ4n) is 0.378. The fraction of sp³-hybridized carbons (Fsp3) is 0.571. The minimum atomic E-state index is -0.500. The first kappa shape index (κ1) is 16.3. The number of aliphatic hydroxyl groups is 1. The summed E-state index contributed by atoms with van der Waals surface area (Å²) in [6, 6.07) is 0. The van der Waals surface area contributed by atoms with E-state index >= 15 is 0 Å². The highest BCUT2D eigenvalue weighted by atomic mass is 32.1. The Morgan fingerprint density at radius 1 is 1.53 bits per heavy atom. The van der Waals surface area contributed by atoms with Crippen molar-refractivity contribution in [3.05, 3.63) is 0 Å². The second kappa shape index (κ2) is 9.41. The Morgan fingerprint density at radius 3 is 2.20 bits per heavy atom. The topological polar surface area (TPSA) is 87.8 Å². The van der Waals surface area contributed by atoms with Crippen LogP contribution in [-0.4, -0.2) is 54.0 Å². The summed E-state index contributed by atoms with van der Waals surface area (Å²) < 4.78 is 4.63. The van der Waals surface area contributed by atoms with Crippen molar-refractivity contribution in [3.63, 3.8) is 0 Å². The summed E-state index contributed by atoms with van der Waals surface area (Å²) in [6.07, 6.45) is 0. The number of nitrogens with zero attached hydrogens (tertiary/aromatic N) is 1. The summed E-state index contributed by atoms with van der Waals surface area (Å²) in [6.45, 7) is 0.180. The molecule has 0 aliphatic carbocycles. The van der Waals surface area contributed by atoms with Gasteiger partial charge in [-0.25, -0.2) is 0 Å². The van der Waals surface area contributed by atoms with Crippen molar-refractivity contribution in [2.45, 2.75) is 0 Å². The van der Waals surface area contributed by atoms with E-state index < -0.39 is 5.17 Å². The van der Waals surface area contributed by atoms with Gasteiger partial charge in [0.15, 0.2) is 0 Å². The summed E-state index contributed by atoms with van der Waals surface area (Å²) >= 11 is 8.53. The zero-order valence-corrected chi connectivity index (χ0v) is 10.4. The van der Waals surface area contributed by atoms with E-state index in [0.29, 0.717) is 0 Å². The maximum absolute atomic E-state index is 10.9. The number of carbonyl (C=O) groups excluding carboxylic acids is 1. The molecule has 0 rings (SSSR count). The van der Waals surface area contributed by atoms with E-state index in [0.717, 1.165) is 0 Å². The third-order valence-corrected chi connectivity index (χ3v) is 1.38. The molecular formula is C7H15N3O3S2. The Kier molecular flexibility index (Phi) is 10.2.